The van der Waals surface area contributed by atoms with Crippen molar-refractivity contribution in [2.75, 3.05) is 33.0 Å². The van der Waals surface area contributed by atoms with E-state index in [9.17, 15) is 4.79 Å². The molecule has 1 unspecified atom stereocenters. The van der Waals surface area contributed by atoms with Crippen molar-refractivity contribution < 1.29 is 23.7 Å². The summed E-state index contributed by atoms with van der Waals surface area (Å²) in [6, 6.07) is 5.20. The first-order valence-corrected chi connectivity index (χ1v) is 6.59. The van der Waals surface area contributed by atoms with E-state index in [1.165, 1.54) is 0 Å². The van der Waals surface area contributed by atoms with Gasteiger partial charge in [-0.05, 0) is 24.6 Å². The Morgan fingerprint density at radius 3 is 2.85 bits per heavy atom. The molecule has 2 rings (SSSR count). The van der Waals surface area contributed by atoms with Gasteiger partial charge in [-0.25, -0.2) is 4.79 Å². The van der Waals surface area contributed by atoms with Crippen molar-refractivity contribution in [1.29, 1.82) is 0 Å². The van der Waals surface area contributed by atoms with Crippen LogP contribution in [-0.4, -0.2) is 39.0 Å². The third-order valence-corrected chi connectivity index (χ3v) is 2.82. The van der Waals surface area contributed by atoms with E-state index in [4.69, 9.17) is 24.7 Å². The zero-order valence-corrected chi connectivity index (χ0v) is 11.5. The molecule has 0 aromatic heterocycles. The van der Waals surface area contributed by atoms with E-state index in [2.05, 4.69) is 0 Å². The molecule has 1 aromatic carbocycles. The average Bonchev–Trinajstić information content (AvgIpc) is 2.47. The predicted octanol–water partition coefficient (Wildman–Crippen LogP) is 1.04. The first-order valence-electron chi connectivity index (χ1n) is 6.59. The van der Waals surface area contributed by atoms with Gasteiger partial charge in [0, 0.05) is 0 Å². The Labute approximate surface area is 117 Å². The lowest BCUT2D eigenvalue weighted by Gasteiger charge is -2.20. The number of nitrogens with two attached hydrogens (primary N) is 1. The molecule has 0 radical (unpaired) electrons. The van der Waals surface area contributed by atoms with Crippen molar-refractivity contribution in [1.82, 2.24) is 0 Å². The van der Waals surface area contributed by atoms with Gasteiger partial charge >= 0.3 is 5.97 Å². The number of hydrogen-bond acceptors (Lipinski definition) is 6. The number of fused-ring (bicyclic) bond motifs is 1. The lowest BCUT2D eigenvalue weighted by atomic mass is 10.1. The average molecular weight is 281 g/mol. The zero-order chi connectivity index (χ0) is 14.4. The summed E-state index contributed by atoms with van der Waals surface area (Å²) in [5.41, 5.74) is 6.89. The Balaban J connectivity index is 1.86. The van der Waals surface area contributed by atoms with Crippen LogP contribution in [0.5, 0.6) is 11.5 Å². The maximum Gasteiger partial charge on any atom is 0.332 e. The fourth-order valence-electron chi connectivity index (χ4n) is 1.86. The normalized spacial score (nSPS) is 14.7. The van der Waals surface area contributed by atoms with Crippen LogP contribution >= 0.6 is 0 Å². The summed E-state index contributed by atoms with van der Waals surface area (Å²) in [4.78, 5) is 11.1. The highest BCUT2D eigenvalue weighted by molar-refractivity contribution is 5.70. The smallest absolute Gasteiger partial charge is 0.332 e. The number of carbonyl (C=O) groups excluding carboxylic acids is 1. The van der Waals surface area contributed by atoms with Crippen LogP contribution in [0, 0.1) is 0 Å². The van der Waals surface area contributed by atoms with Crippen molar-refractivity contribution >= 4 is 5.97 Å². The zero-order valence-electron chi connectivity index (χ0n) is 11.5. The van der Waals surface area contributed by atoms with Crippen LogP contribution in [0.4, 0.5) is 0 Å². The van der Waals surface area contributed by atoms with E-state index in [-0.39, 0.29) is 25.2 Å². The van der Waals surface area contributed by atoms with Gasteiger partial charge in [0.25, 0.3) is 0 Å². The number of ether oxygens (including phenoxy) is 4. The minimum atomic E-state index is -0.387. The Morgan fingerprint density at radius 2 is 2.10 bits per heavy atom. The molecule has 1 aliphatic heterocycles. The summed E-state index contributed by atoms with van der Waals surface area (Å²) in [7, 11) is 0. The second-order valence-corrected chi connectivity index (χ2v) is 4.33. The quantitative estimate of drug-likeness (QED) is 0.785. The van der Waals surface area contributed by atoms with Crippen molar-refractivity contribution in [3.8, 4) is 11.5 Å². The molecule has 1 aliphatic rings. The fraction of sp³-hybridized carbons (Fsp3) is 0.500. The molecule has 0 aliphatic carbocycles. The minimum Gasteiger partial charge on any atom is -0.486 e. The Morgan fingerprint density at radius 1 is 1.35 bits per heavy atom. The summed E-state index contributed by atoms with van der Waals surface area (Å²) in [6.45, 7) is 3.33. The standard InChI is InChI=1S/C14H19NO5/c1-2-18-14(16)9-17-8-11(15)10-3-4-12-13(7-10)20-6-5-19-12/h3-4,7,11H,2,5-6,8-9,15H2,1H3. The topological polar surface area (TPSA) is 80.0 Å². The summed E-state index contributed by atoms with van der Waals surface area (Å²) in [6.07, 6.45) is 0. The first kappa shape index (κ1) is 14.6. The molecule has 1 heterocycles. The Kier molecular flexibility index (Phi) is 5.20. The molecule has 1 atom stereocenters. The van der Waals surface area contributed by atoms with Crippen LogP contribution in [0.15, 0.2) is 18.2 Å². The van der Waals surface area contributed by atoms with Gasteiger partial charge in [0.05, 0.1) is 19.3 Å². The van der Waals surface area contributed by atoms with Gasteiger partial charge in [-0.3, -0.25) is 0 Å². The van der Waals surface area contributed by atoms with Gasteiger partial charge in [-0.1, -0.05) is 6.07 Å². The summed E-state index contributed by atoms with van der Waals surface area (Å²) in [5.74, 6) is 1.02. The molecule has 0 bridgehead atoms. The van der Waals surface area contributed by atoms with Gasteiger partial charge in [0.1, 0.15) is 19.8 Å². The Hall–Kier alpha value is -1.79. The van der Waals surface area contributed by atoms with Crippen LogP contribution < -0.4 is 15.2 Å². The number of rotatable bonds is 6. The van der Waals surface area contributed by atoms with Gasteiger partial charge in [-0.2, -0.15) is 0 Å². The lowest BCUT2D eigenvalue weighted by Crippen LogP contribution is -2.21. The predicted molar refractivity (Wildman–Crippen MR) is 71.8 cm³/mol. The molecule has 110 valence electrons. The molecule has 0 amide bonds. The SMILES string of the molecule is CCOC(=O)COCC(N)c1ccc2c(c1)OCCO2. The first-order chi connectivity index (χ1) is 9.70. The van der Waals surface area contributed by atoms with Crippen molar-refractivity contribution in [3.05, 3.63) is 23.8 Å². The highest BCUT2D eigenvalue weighted by Crippen LogP contribution is 2.32. The molecule has 6 nitrogen and oxygen atoms in total. The molecule has 1 aromatic rings. The molecule has 20 heavy (non-hydrogen) atoms. The Bertz CT molecular complexity index is 463. The van der Waals surface area contributed by atoms with Gasteiger partial charge in [-0.15, -0.1) is 0 Å². The molecule has 0 saturated heterocycles. The number of carbonyl (C=O) groups is 1. The van der Waals surface area contributed by atoms with Crippen molar-refractivity contribution in [2.24, 2.45) is 5.73 Å². The van der Waals surface area contributed by atoms with Gasteiger partial charge < -0.3 is 24.7 Å². The highest BCUT2D eigenvalue weighted by Gasteiger charge is 2.15. The van der Waals surface area contributed by atoms with E-state index in [1.807, 2.05) is 18.2 Å². The maximum atomic E-state index is 11.1. The summed E-state index contributed by atoms with van der Waals surface area (Å²) in [5, 5.41) is 0. The minimum absolute atomic E-state index is 0.0912. The van der Waals surface area contributed by atoms with Crippen LogP contribution in [0.25, 0.3) is 0 Å². The van der Waals surface area contributed by atoms with Gasteiger partial charge in [0.2, 0.25) is 0 Å². The monoisotopic (exact) mass is 281 g/mol. The van der Waals surface area contributed by atoms with Gasteiger partial charge in [0.15, 0.2) is 11.5 Å². The number of hydrogen-bond donors (Lipinski definition) is 1. The molecule has 0 fully saturated rings. The summed E-state index contributed by atoms with van der Waals surface area (Å²) >= 11 is 0. The molecular weight excluding hydrogens is 262 g/mol. The van der Waals surface area contributed by atoms with E-state index >= 15 is 0 Å². The van der Waals surface area contributed by atoms with Crippen LogP contribution in [-0.2, 0) is 14.3 Å². The molecule has 0 spiro atoms. The van der Waals surface area contributed by atoms with Crippen LogP contribution in [0.1, 0.15) is 18.5 Å². The maximum absolute atomic E-state index is 11.1. The van der Waals surface area contributed by atoms with Crippen molar-refractivity contribution in [3.63, 3.8) is 0 Å². The van der Waals surface area contributed by atoms with E-state index in [1.54, 1.807) is 6.92 Å². The highest BCUT2D eigenvalue weighted by atomic mass is 16.6. The second kappa shape index (κ2) is 7.12. The largest absolute Gasteiger partial charge is 0.486 e. The van der Waals surface area contributed by atoms with E-state index < -0.39 is 0 Å². The fourth-order valence-corrected chi connectivity index (χ4v) is 1.86. The third kappa shape index (κ3) is 3.85. The molecule has 2 N–H and O–H groups in total. The summed E-state index contributed by atoms with van der Waals surface area (Å²) < 4.78 is 20.9. The van der Waals surface area contributed by atoms with Crippen molar-refractivity contribution in [2.45, 2.75) is 13.0 Å². The second-order valence-electron chi connectivity index (χ2n) is 4.33. The third-order valence-electron chi connectivity index (χ3n) is 2.82. The number of benzene rings is 1. The van der Waals surface area contributed by atoms with E-state index in [0.29, 0.717) is 25.6 Å². The lowest BCUT2D eigenvalue weighted by molar-refractivity contribution is -0.148. The number of esters is 1. The van der Waals surface area contributed by atoms with Crippen LogP contribution in [0.2, 0.25) is 0 Å². The molecule has 0 saturated carbocycles. The molecular formula is C14H19NO5. The van der Waals surface area contributed by atoms with E-state index in [0.717, 1.165) is 11.3 Å². The van der Waals surface area contributed by atoms with Crippen LogP contribution in [0.3, 0.4) is 0 Å². The molecule has 6 heteroatoms.